The third-order valence-corrected chi connectivity index (χ3v) is 6.65. The first kappa shape index (κ1) is 28.2. The topological polar surface area (TPSA) is 213 Å². The van der Waals surface area contributed by atoms with Crippen LogP contribution in [0.25, 0.3) is 0 Å². The van der Waals surface area contributed by atoms with E-state index >= 15 is 0 Å². The fourth-order valence-electron chi connectivity index (χ4n) is 4.40. The van der Waals surface area contributed by atoms with Gasteiger partial charge in [-0.15, -0.1) is 5.11 Å². The molecule has 0 saturated carbocycles. The third-order valence-electron chi connectivity index (χ3n) is 6.65. The highest BCUT2D eigenvalue weighted by molar-refractivity contribution is 6.17. The van der Waals surface area contributed by atoms with Gasteiger partial charge in [-0.3, -0.25) is 19.7 Å². The number of carbonyl (C=O) groups excluding carboxylic acids is 6. The molecule has 0 bridgehead atoms. The molecule has 0 fully saturated rings. The molecule has 0 aromatic heterocycles. The molecule has 0 atom stereocenters. The number of hydrogen-bond acceptors (Lipinski definition) is 12. The molecule has 15 heteroatoms. The van der Waals surface area contributed by atoms with Gasteiger partial charge in [0, 0.05) is 28.9 Å². The van der Waals surface area contributed by atoms with Crippen molar-refractivity contribution in [3.8, 4) is 0 Å². The van der Waals surface area contributed by atoms with Crippen LogP contribution < -0.4 is 10.6 Å². The molecule has 6 rings (SSSR count). The Hall–Kier alpha value is -6.90. The molecule has 2 N–H and O–H groups in total. The van der Waals surface area contributed by atoms with E-state index in [4.69, 9.17) is 0 Å². The Morgan fingerprint density at radius 1 is 0.622 bits per heavy atom. The number of rotatable bonds is 7. The second-order valence-corrected chi connectivity index (χ2v) is 9.49. The minimum Gasteiger partial charge on any atom is -0.386 e. The van der Waals surface area contributed by atoms with Crippen molar-refractivity contribution < 1.29 is 43.2 Å². The van der Waals surface area contributed by atoms with Crippen LogP contribution in [0.3, 0.4) is 0 Å². The highest BCUT2D eigenvalue weighted by atomic mass is 16.6. The average Bonchev–Trinajstić information content (AvgIpc) is 3.48. The first-order valence-electron chi connectivity index (χ1n) is 12.8. The van der Waals surface area contributed by atoms with E-state index < -0.39 is 40.6 Å². The predicted molar refractivity (Wildman–Crippen MR) is 152 cm³/mol. The Kier molecular flexibility index (Phi) is 6.94. The van der Waals surface area contributed by atoms with Crippen LogP contribution in [0, 0.1) is 10.1 Å². The fourth-order valence-corrected chi connectivity index (χ4v) is 4.40. The van der Waals surface area contributed by atoms with E-state index in [1.54, 1.807) is 0 Å². The smallest absolute Gasteiger partial charge is 0.346 e. The molecule has 0 spiro atoms. The second kappa shape index (κ2) is 11.1. The Labute approximate surface area is 250 Å². The lowest BCUT2D eigenvalue weighted by molar-refractivity contribution is -0.384. The summed E-state index contributed by atoms with van der Waals surface area (Å²) in [5.41, 5.74) is 0.470. The normalized spacial score (nSPS) is 13.2. The molecular formula is C30H15N5O10. The summed E-state index contributed by atoms with van der Waals surface area (Å²) >= 11 is 0. The number of amides is 2. The molecule has 0 aliphatic carbocycles. The minimum atomic E-state index is -0.892. The first-order valence-corrected chi connectivity index (χ1v) is 12.8. The van der Waals surface area contributed by atoms with Gasteiger partial charge in [-0.25, -0.2) is 19.2 Å². The van der Waals surface area contributed by atoms with Crippen molar-refractivity contribution >= 4 is 64.1 Å². The summed E-state index contributed by atoms with van der Waals surface area (Å²) in [6.07, 6.45) is 0. The Balaban J connectivity index is 1.29. The summed E-state index contributed by atoms with van der Waals surface area (Å²) in [6, 6.07) is 17.2. The summed E-state index contributed by atoms with van der Waals surface area (Å²) < 4.78 is 9.12. The maximum absolute atomic E-state index is 13.2. The van der Waals surface area contributed by atoms with Gasteiger partial charge in [-0.1, -0.05) is 0 Å². The standard InChI is InChI=1S/C30H15N5O10/c36-25(14-1-8-19-21(11-14)29(40)44-27(19)38)31-17-5-10-23(34-33-16-3-6-18(7-4-16)35(42)43)24(13-17)32-26(37)15-2-9-20-22(12-15)30(41)45-28(20)39/h1-13H,(H,31,36)(H,32,37). The number of nitrogens with one attached hydrogen (secondary N) is 2. The molecule has 45 heavy (non-hydrogen) atoms. The maximum Gasteiger partial charge on any atom is 0.346 e. The van der Waals surface area contributed by atoms with E-state index in [9.17, 15) is 38.9 Å². The van der Waals surface area contributed by atoms with Crippen LogP contribution in [0.4, 0.5) is 28.4 Å². The number of nitro groups is 1. The van der Waals surface area contributed by atoms with Crippen LogP contribution in [0.15, 0.2) is 89.1 Å². The van der Waals surface area contributed by atoms with Crippen LogP contribution in [0.2, 0.25) is 0 Å². The van der Waals surface area contributed by atoms with E-state index in [1.165, 1.54) is 78.9 Å². The fraction of sp³-hybridized carbons (Fsp3) is 0. The molecule has 2 heterocycles. The van der Waals surface area contributed by atoms with Gasteiger partial charge in [0.15, 0.2) is 0 Å². The number of nitro benzene ring substituents is 1. The van der Waals surface area contributed by atoms with Crippen LogP contribution in [-0.4, -0.2) is 40.6 Å². The number of cyclic esters (lactones) is 4. The van der Waals surface area contributed by atoms with E-state index in [2.05, 4.69) is 30.3 Å². The predicted octanol–water partition coefficient (Wildman–Crippen LogP) is 5.14. The van der Waals surface area contributed by atoms with Crippen molar-refractivity contribution in [3.63, 3.8) is 0 Å². The first-order chi connectivity index (χ1) is 21.6. The van der Waals surface area contributed by atoms with Gasteiger partial charge in [-0.2, -0.15) is 5.11 Å². The number of hydrogen-bond donors (Lipinski definition) is 2. The molecule has 0 radical (unpaired) electrons. The van der Waals surface area contributed by atoms with Crippen molar-refractivity contribution in [3.05, 3.63) is 122 Å². The summed E-state index contributed by atoms with van der Waals surface area (Å²) in [5, 5.41) is 24.4. The van der Waals surface area contributed by atoms with Crippen LogP contribution in [0.5, 0.6) is 0 Å². The van der Waals surface area contributed by atoms with Crippen molar-refractivity contribution in [2.75, 3.05) is 10.6 Å². The van der Waals surface area contributed by atoms with E-state index in [0.717, 1.165) is 0 Å². The number of benzene rings is 4. The summed E-state index contributed by atoms with van der Waals surface area (Å²) in [5.74, 6) is -4.76. The lowest BCUT2D eigenvalue weighted by atomic mass is 10.0. The van der Waals surface area contributed by atoms with Gasteiger partial charge in [0.05, 0.1) is 38.6 Å². The monoisotopic (exact) mass is 605 g/mol. The van der Waals surface area contributed by atoms with Gasteiger partial charge in [0.2, 0.25) is 0 Å². The number of nitrogens with zero attached hydrogens (tertiary/aromatic N) is 3. The molecule has 15 nitrogen and oxygen atoms in total. The van der Waals surface area contributed by atoms with Gasteiger partial charge in [0.25, 0.3) is 17.5 Å². The van der Waals surface area contributed by atoms with Crippen LogP contribution in [0.1, 0.15) is 62.1 Å². The molecule has 0 unspecified atom stereocenters. The SMILES string of the molecule is O=C(Nc1ccc(N=Nc2ccc([N+](=O)[O-])cc2)c(NC(=O)c2ccc3c(c2)C(=O)OC3=O)c1)c1ccc2c(c1)C(=O)OC2=O. The molecule has 2 amide bonds. The van der Waals surface area contributed by atoms with Gasteiger partial charge < -0.3 is 20.1 Å². The van der Waals surface area contributed by atoms with Crippen LogP contribution >= 0.6 is 0 Å². The molecule has 4 aromatic carbocycles. The summed E-state index contributed by atoms with van der Waals surface area (Å²) in [7, 11) is 0. The molecule has 2 aliphatic rings. The average molecular weight is 605 g/mol. The number of carbonyl (C=O) groups is 6. The Morgan fingerprint density at radius 3 is 1.71 bits per heavy atom. The van der Waals surface area contributed by atoms with E-state index in [1.807, 2.05) is 0 Å². The summed E-state index contributed by atoms with van der Waals surface area (Å²) in [6.45, 7) is 0. The summed E-state index contributed by atoms with van der Waals surface area (Å²) in [4.78, 5) is 84.0. The van der Waals surface area contributed by atoms with Crippen molar-refractivity contribution in [2.45, 2.75) is 0 Å². The zero-order chi connectivity index (χ0) is 31.8. The zero-order valence-corrected chi connectivity index (χ0v) is 22.4. The van der Waals surface area contributed by atoms with Gasteiger partial charge in [0.1, 0.15) is 5.69 Å². The lowest BCUT2D eigenvalue weighted by Gasteiger charge is -2.12. The quantitative estimate of drug-likeness (QED) is 0.0930. The lowest BCUT2D eigenvalue weighted by Crippen LogP contribution is -2.15. The molecule has 2 aliphatic heterocycles. The van der Waals surface area contributed by atoms with Crippen molar-refractivity contribution in [1.82, 2.24) is 0 Å². The zero-order valence-electron chi connectivity index (χ0n) is 22.4. The third kappa shape index (κ3) is 5.51. The van der Waals surface area contributed by atoms with E-state index in [-0.39, 0.29) is 61.8 Å². The number of non-ortho nitro benzene ring substituents is 1. The molecule has 220 valence electrons. The minimum absolute atomic E-state index is 0.00710. The largest absolute Gasteiger partial charge is 0.386 e. The highest BCUT2D eigenvalue weighted by Gasteiger charge is 2.31. The van der Waals surface area contributed by atoms with Crippen molar-refractivity contribution in [1.29, 1.82) is 0 Å². The van der Waals surface area contributed by atoms with Gasteiger partial charge >= 0.3 is 23.9 Å². The maximum atomic E-state index is 13.2. The second-order valence-electron chi connectivity index (χ2n) is 9.49. The van der Waals surface area contributed by atoms with Crippen LogP contribution in [-0.2, 0) is 9.47 Å². The number of anilines is 2. The van der Waals surface area contributed by atoms with Crippen molar-refractivity contribution in [2.24, 2.45) is 10.2 Å². The Morgan fingerprint density at radius 2 is 1.16 bits per heavy atom. The number of ether oxygens (including phenoxy) is 2. The van der Waals surface area contributed by atoms with Gasteiger partial charge in [-0.05, 0) is 66.7 Å². The number of fused-ring (bicyclic) bond motifs is 2. The molecule has 4 aromatic rings. The van der Waals surface area contributed by atoms with E-state index in [0.29, 0.717) is 0 Å². The highest BCUT2D eigenvalue weighted by Crippen LogP contribution is 2.32. The molecule has 0 saturated heterocycles. The number of azo groups is 1. The molecular weight excluding hydrogens is 590 g/mol. The number of esters is 4. The Bertz CT molecular complexity index is 2050.